The monoisotopic (exact) mass is 387 g/mol. The van der Waals surface area contributed by atoms with Gasteiger partial charge in [0.2, 0.25) is 0 Å². The maximum absolute atomic E-state index is 12.2. The number of halogens is 1. The average Bonchev–Trinajstić information content (AvgIpc) is 3.41. The maximum Gasteiger partial charge on any atom is 0.331 e. The van der Waals surface area contributed by atoms with Gasteiger partial charge in [-0.15, -0.1) is 0 Å². The van der Waals surface area contributed by atoms with Gasteiger partial charge in [-0.2, -0.15) is 0 Å². The van der Waals surface area contributed by atoms with Crippen LogP contribution in [0.25, 0.3) is 6.08 Å². The third-order valence-corrected chi connectivity index (χ3v) is 4.81. The van der Waals surface area contributed by atoms with Crippen molar-refractivity contribution < 1.29 is 14.3 Å². The lowest BCUT2D eigenvalue weighted by atomic mass is 10.2. The number of aromatic nitrogens is 2. The van der Waals surface area contributed by atoms with E-state index in [4.69, 9.17) is 16.3 Å². The van der Waals surface area contributed by atoms with Crippen molar-refractivity contribution in [1.29, 1.82) is 0 Å². The Labute approximate surface area is 163 Å². The van der Waals surface area contributed by atoms with Crippen LogP contribution in [-0.4, -0.2) is 27.5 Å². The number of carbonyl (C=O) groups excluding carboxylic acids is 2. The molecule has 0 aliphatic heterocycles. The van der Waals surface area contributed by atoms with Gasteiger partial charge in [0.05, 0.1) is 5.69 Å². The van der Waals surface area contributed by atoms with E-state index < -0.39 is 18.0 Å². The normalized spacial score (nSPS) is 15.0. The highest BCUT2D eigenvalue weighted by atomic mass is 35.5. The Morgan fingerprint density at radius 2 is 2.15 bits per heavy atom. The molecule has 27 heavy (non-hydrogen) atoms. The third kappa shape index (κ3) is 4.57. The van der Waals surface area contributed by atoms with Crippen molar-refractivity contribution in [2.45, 2.75) is 45.8 Å². The number of nitrogens with one attached hydrogen (secondary N) is 1. The summed E-state index contributed by atoms with van der Waals surface area (Å²) in [5.74, 6) is -1.05. The zero-order valence-corrected chi connectivity index (χ0v) is 16.3. The van der Waals surface area contributed by atoms with E-state index in [1.165, 1.54) is 37.7 Å². The predicted molar refractivity (Wildman–Crippen MR) is 105 cm³/mol. The van der Waals surface area contributed by atoms with Crippen molar-refractivity contribution in [2.75, 3.05) is 5.32 Å². The molecule has 2 heterocycles. The van der Waals surface area contributed by atoms with E-state index in [0.29, 0.717) is 11.7 Å². The fourth-order valence-corrected chi connectivity index (χ4v) is 3.17. The molecule has 1 amide bonds. The van der Waals surface area contributed by atoms with E-state index >= 15 is 0 Å². The van der Waals surface area contributed by atoms with Crippen LogP contribution in [0.2, 0.25) is 5.15 Å². The van der Waals surface area contributed by atoms with Crippen molar-refractivity contribution in [2.24, 2.45) is 0 Å². The van der Waals surface area contributed by atoms with Crippen LogP contribution in [0, 0.1) is 13.8 Å². The largest absolute Gasteiger partial charge is 0.449 e. The van der Waals surface area contributed by atoms with Gasteiger partial charge in [0.1, 0.15) is 0 Å². The van der Waals surface area contributed by atoms with Crippen LogP contribution in [-0.2, 0) is 14.3 Å². The molecule has 0 unspecified atom stereocenters. The van der Waals surface area contributed by atoms with Gasteiger partial charge in [-0.25, -0.2) is 9.78 Å². The first kappa shape index (κ1) is 19.2. The number of esters is 1. The second kappa shape index (κ2) is 7.96. The van der Waals surface area contributed by atoms with Crippen LogP contribution in [0.1, 0.15) is 42.8 Å². The van der Waals surface area contributed by atoms with Gasteiger partial charge in [0.15, 0.2) is 11.3 Å². The van der Waals surface area contributed by atoms with Crippen molar-refractivity contribution in [3.63, 3.8) is 0 Å². The molecule has 0 aromatic carbocycles. The predicted octanol–water partition coefficient (Wildman–Crippen LogP) is 4.07. The van der Waals surface area contributed by atoms with Crippen LogP contribution < -0.4 is 5.32 Å². The summed E-state index contributed by atoms with van der Waals surface area (Å²) < 4.78 is 7.48. The van der Waals surface area contributed by atoms with Crippen molar-refractivity contribution in [3.8, 4) is 0 Å². The first-order valence-electron chi connectivity index (χ1n) is 8.85. The highest BCUT2D eigenvalue weighted by Crippen LogP contribution is 2.38. The molecule has 3 rings (SSSR count). The average molecular weight is 388 g/mol. The van der Waals surface area contributed by atoms with Crippen molar-refractivity contribution in [1.82, 2.24) is 9.55 Å². The molecule has 1 fully saturated rings. The van der Waals surface area contributed by atoms with Gasteiger partial charge < -0.3 is 14.6 Å². The maximum atomic E-state index is 12.2. The number of anilines is 1. The minimum atomic E-state index is -0.961. The fourth-order valence-electron chi connectivity index (χ4n) is 3.00. The van der Waals surface area contributed by atoms with Crippen LogP contribution in [0.5, 0.6) is 0 Å². The molecule has 1 aliphatic rings. The number of rotatable bonds is 6. The standard InChI is InChI=1S/C20H22ClN3O3/c1-12-11-15(13(2)24(12)16-7-8-16)6-9-18(25)27-14(3)20(26)23-17-5-4-10-22-19(17)21/h4-6,9-11,14,16H,7-8H2,1-3H3,(H,23,26)/b9-6+/t14-/m0/s1. The highest BCUT2D eigenvalue weighted by molar-refractivity contribution is 6.32. The molecule has 0 spiro atoms. The SMILES string of the molecule is Cc1cc(/C=C/C(=O)O[C@@H](C)C(=O)Nc2cccnc2Cl)c(C)n1C1CC1. The molecular weight excluding hydrogens is 366 g/mol. The van der Waals surface area contributed by atoms with E-state index in [-0.39, 0.29) is 5.15 Å². The summed E-state index contributed by atoms with van der Waals surface area (Å²) in [5, 5.41) is 2.77. The van der Waals surface area contributed by atoms with Crippen molar-refractivity contribution >= 4 is 35.2 Å². The van der Waals surface area contributed by atoms with Gasteiger partial charge >= 0.3 is 5.97 Å². The molecule has 7 heteroatoms. The van der Waals surface area contributed by atoms with Crippen LogP contribution in [0.4, 0.5) is 5.69 Å². The van der Waals surface area contributed by atoms with E-state index in [2.05, 4.69) is 27.9 Å². The Hall–Kier alpha value is -2.60. The second-order valence-corrected chi connectivity index (χ2v) is 7.03. The quantitative estimate of drug-likeness (QED) is 0.460. The van der Waals surface area contributed by atoms with Gasteiger partial charge in [-0.05, 0) is 63.5 Å². The highest BCUT2D eigenvalue weighted by Gasteiger charge is 2.26. The molecule has 0 bridgehead atoms. The zero-order chi connectivity index (χ0) is 19.6. The summed E-state index contributed by atoms with van der Waals surface area (Å²) in [6.45, 7) is 5.62. The molecule has 2 aromatic heterocycles. The van der Waals surface area contributed by atoms with Crippen LogP contribution in [0.15, 0.2) is 30.5 Å². The van der Waals surface area contributed by atoms with E-state index in [0.717, 1.165) is 11.3 Å². The molecule has 142 valence electrons. The molecule has 0 saturated heterocycles. The van der Waals surface area contributed by atoms with Crippen molar-refractivity contribution in [3.05, 3.63) is 52.6 Å². The Balaban J connectivity index is 1.58. The number of nitrogens with zero attached hydrogens (tertiary/aromatic N) is 2. The van der Waals surface area contributed by atoms with E-state index in [1.54, 1.807) is 18.2 Å². The molecule has 1 N–H and O–H groups in total. The minimum Gasteiger partial charge on any atom is -0.449 e. The molecule has 1 aliphatic carbocycles. The summed E-state index contributed by atoms with van der Waals surface area (Å²) in [7, 11) is 0. The number of ether oxygens (including phenoxy) is 1. The number of hydrogen-bond donors (Lipinski definition) is 1. The number of carbonyl (C=O) groups is 2. The molecule has 2 aromatic rings. The first-order valence-corrected chi connectivity index (χ1v) is 9.23. The number of hydrogen-bond acceptors (Lipinski definition) is 4. The Morgan fingerprint density at radius 3 is 2.81 bits per heavy atom. The number of amides is 1. The second-order valence-electron chi connectivity index (χ2n) is 6.67. The molecule has 1 saturated carbocycles. The van der Waals surface area contributed by atoms with E-state index in [9.17, 15) is 9.59 Å². The zero-order valence-electron chi connectivity index (χ0n) is 15.5. The fraction of sp³-hybridized carbons (Fsp3) is 0.350. The first-order chi connectivity index (χ1) is 12.9. The topological polar surface area (TPSA) is 73.2 Å². The lowest BCUT2D eigenvalue weighted by Gasteiger charge is -2.12. The summed E-state index contributed by atoms with van der Waals surface area (Å²) >= 11 is 5.91. The number of pyridine rings is 1. The van der Waals surface area contributed by atoms with Crippen LogP contribution >= 0.6 is 11.6 Å². The van der Waals surface area contributed by atoms with Gasteiger partial charge in [-0.1, -0.05) is 11.6 Å². The van der Waals surface area contributed by atoms with Crippen LogP contribution in [0.3, 0.4) is 0 Å². The Kier molecular flexibility index (Phi) is 5.65. The smallest absolute Gasteiger partial charge is 0.331 e. The lowest BCUT2D eigenvalue weighted by molar-refractivity contribution is -0.148. The number of aryl methyl sites for hydroxylation is 1. The summed E-state index contributed by atoms with van der Waals surface area (Å²) in [6.07, 6.45) is 6.04. The lowest BCUT2D eigenvalue weighted by Crippen LogP contribution is -2.29. The molecule has 1 atom stereocenters. The van der Waals surface area contributed by atoms with E-state index in [1.807, 2.05) is 6.92 Å². The summed E-state index contributed by atoms with van der Waals surface area (Å²) in [4.78, 5) is 28.1. The van der Waals surface area contributed by atoms with Gasteiger partial charge in [-0.3, -0.25) is 4.79 Å². The Morgan fingerprint density at radius 1 is 1.41 bits per heavy atom. The van der Waals surface area contributed by atoms with Gasteiger partial charge in [0, 0.05) is 29.7 Å². The molecular formula is C20H22ClN3O3. The van der Waals surface area contributed by atoms with Gasteiger partial charge in [0.25, 0.3) is 5.91 Å². The molecule has 6 nitrogen and oxygen atoms in total. The summed E-state index contributed by atoms with van der Waals surface area (Å²) in [6, 6.07) is 5.91. The summed E-state index contributed by atoms with van der Waals surface area (Å²) in [5.41, 5.74) is 3.67. The third-order valence-electron chi connectivity index (χ3n) is 4.51. The Bertz CT molecular complexity index is 900. The molecule has 0 radical (unpaired) electrons. The minimum absolute atomic E-state index is 0.176.